The average molecular weight is 213 g/mol. The van der Waals surface area contributed by atoms with Gasteiger partial charge < -0.3 is 15.9 Å². The molecule has 15 heavy (non-hydrogen) atoms. The highest BCUT2D eigenvalue weighted by Gasteiger charge is 2.15. The molecule has 0 radical (unpaired) electrons. The van der Waals surface area contributed by atoms with E-state index in [-0.39, 0.29) is 18.6 Å². The van der Waals surface area contributed by atoms with E-state index in [1.807, 2.05) is 0 Å². The number of carboxylic acids is 1. The first-order valence-corrected chi connectivity index (χ1v) is 4.41. The number of aliphatic hydroxyl groups is 1. The number of halogens is 1. The Labute approximate surface area is 86.1 Å². The van der Waals surface area contributed by atoms with Gasteiger partial charge in [-0.15, -0.1) is 0 Å². The topological polar surface area (TPSA) is 83.6 Å². The molecule has 0 bridgehead atoms. The Bertz CT molecular complexity index is 368. The molecule has 0 spiro atoms. The van der Waals surface area contributed by atoms with E-state index in [0.717, 1.165) is 0 Å². The van der Waals surface area contributed by atoms with Gasteiger partial charge in [0.1, 0.15) is 5.82 Å². The minimum atomic E-state index is -1.09. The zero-order valence-electron chi connectivity index (χ0n) is 7.98. The Morgan fingerprint density at radius 2 is 2.20 bits per heavy atom. The minimum absolute atomic E-state index is 0.115. The van der Waals surface area contributed by atoms with Gasteiger partial charge in [0.2, 0.25) is 0 Å². The zero-order valence-corrected chi connectivity index (χ0v) is 7.98. The molecule has 0 heterocycles. The van der Waals surface area contributed by atoms with Crippen molar-refractivity contribution in [3.05, 3.63) is 35.1 Å². The Morgan fingerprint density at radius 3 is 2.73 bits per heavy atom. The summed E-state index contributed by atoms with van der Waals surface area (Å²) in [6, 6.07) is 3.08. The Balaban J connectivity index is 2.95. The number of carboxylic acid groups (broad SMARTS) is 1. The van der Waals surface area contributed by atoms with Crippen LogP contribution in [-0.4, -0.2) is 16.2 Å². The van der Waals surface area contributed by atoms with E-state index in [2.05, 4.69) is 0 Å². The van der Waals surface area contributed by atoms with E-state index in [0.29, 0.717) is 5.56 Å². The maximum Gasteiger partial charge on any atom is 0.305 e. The quantitative estimate of drug-likeness (QED) is 0.690. The third-order valence-electron chi connectivity index (χ3n) is 2.04. The number of carbonyl (C=O) groups is 1. The summed E-state index contributed by atoms with van der Waals surface area (Å²) in [6.45, 7) is -0.229. The molecule has 82 valence electrons. The first kappa shape index (κ1) is 11.6. The van der Waals surface area contributed by atoms with Crippen LogP contribution in [0.5, 0.6) is 0 Å². The van der Waals surface area contributed by atoms with Crippen LogP contribution in [0.4, 0.5) is 4.39 Å². The molecule has 0 amide bonds. The predicted molar refractivity (Wildman–Crippen MR) is 51.5 cm³/mol. The van der Waals surface area contributed by atoms with Crippen LogP contribution in [0.1, 0.15) is 23.6 Å². The monoisotopic (exact) mass is 213 g/mol. The first-order valence-electron chi connectivity index (χ1n) is 4.41. The molecular formula is C10H12FNO3. The molecular weight excluding hydrogens is 201 g/mol. The van der Waals surface area contributed by atoms with E-state index in [9.17, 15) is 9.18 Å². The van der Waals surface area contributed by atoms with Crippen molar-refractivity contribution in [3.63, 3.8) is 0 Å². The van der Waals surface area contributed by atoms with Crippen LogP contribution in [0.3, 0.4) is 0 Å². The van der Waals surface area contributed by atoms with Gasteiger partial charge in [-0.25, -0.2) is 4.39 Å². The summed E-state index contributed by atoms with van der Waals surface area (Å²) in [4.78, 5) is 10.4. The maximum absolute atomic E-state index is 13.3. The molecule has 0 aromatic heterocycles. The highest BCUT2D eigenvalue weighted by Crippen LogP contribution is 2.19. The largest absolute Gasteiger partial charge is 0.481 e. The van der Waals surface area contributed by atoms with Crippen LogP contribution in [0.2, 0.25) is 0 Å². The number of nitrogens with two attached hydrogens (primary N) is 1. The predicted octanol–water partition coefficient (Wildman–Crippen LogP) is 0.792. The Morgan fingerprint density at radius 1 is 1.53 bits per heavy atom. The van der Waals surface area contributed by atoms with Crippen molar-refractivity contribution < 1.29 is 19.4 Å². The van der Waals surface area contributed by atoms with Gasteiger partial charge in [0.15, 0.2) is 0 Å². The molecule has 4 nitrogen and oxygen atoms in total. The van der Waals surface area contributed by atoms with Crippen molar-refractivity contribution in [1.82, 2.24) is 0 Å². The Hall–Kier alpha value is -1.46. The fraction of sp³-hybridized carbons (Fsp3) is 0.300. The van der Waals surface area contributed by atoms with E-state index < -0.39 is 17.8 Å². The third kappa shape index (κ3) is 3.00. The van der Waals surface area contributed by atoms with E-state index >= 15 is 0 Å². The van der Waals surface area contributed by atoms with Gasteiger partial charge in [-0.05, 0) is 17.7 Å². The van der Waals surface area contributed by atoms with Crippen molar-refractivity contribution >= 4 is 5.97 Å². The lowest BCUT2D eigenvalue weighted by atomic mass is 10.0. The average Bonchev–Trinajstić information content (AvgIpc) is 2.17. The van der Waals surface area contributed by atoms with Gasteiger partial charge in [0.25, 0.3) is 0 Å². The lowest BCUT2D eigenvalue weighted by Crippen LogP contribution is -2.16. The molecule has 0 saturated carbocycles. The van der Waals surface area contributed by atoms with Crippen LogP contribution in [0, 0.1) is 5.82 Å². The second-order valence-corrected chi connectivity index (χ2v) is 3.22. The first-order chi connectivity index (χ1) is 7.04. The summed E-state index contributed by atoms with van der Waals surface area (Å²) in [5.74, 6) is -1.64. The molecule has 1 rings (SSSR count). The maximum atomic E-state index is 13.3. The second kappa shape index (κ2) is 4.86. The van der Waals surface area contributed by atoms with Crippen molar-refractivity contribution in [2.24, 2.45) is 5.73 Å². The smallest absolute Gasteiger partial charge is 0.305 e. The molecule has 0 aliphatic heterocycles. The van der Waals surface area contributed by atoms with Crippen LogP contribution in [-0.2, 0) is 11.4 Å². The van der Waals surface area contributed by atoms with E-state index in [1.54, 1.807) is 0 Å². The molecule has 4 N–H and O–H groups in total. The second-order valence-electron chi connectivity index (χ2n) is 3.22. The van der Waals surface area contributed by atoms with Gasteiger partial charge in [0, 0.05) is 11.6 Å². The number of hydrogen-bond donors (Lipinski definition) is 3. The summed E-state index contributed by atoms with van der Waals surface area (Å²) in [7, 11) is 0. The van der Waals surface area contributed by atoms with Crippen molar-refractivity contribution in [2.75, 3.05) is 0 Å². The number of aliphatic carboxylic acids is 1. The molecule has 0 fully saturated rings. The van der Waals surface area contributed by atoms with E-state index in [4.69, 9.17) is 15.9 Å². The summed E-state index contributed by atoms with van der Waals surface area (Å²) < 4.78 is 13.3. The molecule has 0 saturated heterocycles. The van der Waals surface area contributed by atoms with Crippen molar-refractivity contribution in [1.29, 1.82) is 0 Å². The highest BCUT2D eigenvalue weighted by atomic mass is 19.1. The molecule has 1 unspecified atom stereocenters. The molecule has 1 aromatic rings. The Kier molecular flexibility index (Phi) is 3.76. The summed E-state index contributed by atoms with van der Waals surface area (Å²) in [5, 5.41) is 17.3. The molecule has 1 aromatic carbocycles. The van der Waals surface area contributed by atoms with Gasteiger partial charge in [0.05, 0.1) is 13.0 Å². The van der Waals surface area contributed by atoms with Crippen LogP contribution < -0.4 is 5.73 Å². The molecule has 0 aliphatic carbocycles. The standard InChI is InChI=1S/C10H12FNO3/c11-8-2-1-6(5-13)3-7(8)9(12)4-10(14)15/h1-3,9,13H,4-5,12H2,(H,14,15). The van der Waals surface area contributed by atoms with Crippen molar-refractivity contribution in [2.45, 2.75) is 19.1 Å². The van der Waals surface area contributed by atoms with Crippen LogP contribution in [0.15, 0.2) is 18.2 Å². The number of aliphatic hydroxyl groups excluding tert-OH is 1. The van der Waals surface area contributed by atoms with Crippen LogP contribution >= 0.6 is 0 Å². The van der Waals surface area contributed by atoms with Gasteiger partial charge in [-0.2, -0.15) is 0 Å². The number of benzene rings is 1. The van der Waals surface area contributed by atoms with E-state index in [1.165, 1.54) is 18.2 Å². The normalized spacial score (nSPS) is 12.5. The highest BCUT2D eigenvalue weighted by molar-refractivity contribution is 5.67. The number of rotatable bonds is 4. The zero-order chi connectivity index (χ0) is 11.4. The summed E-state index contributed by atoms with van der Waals surface area (Å²) >= 11 is 0. The lowest BCUT2D eigenvalue weighted by molar-refractivity contribution is -0.137. The van der Waals surface area contributed by atoms with Crippen LogP contribution in [0.25, 0.3) is 0 Å². The minimum Gasteiger partial charge on any atom is -0.481 e. The van der Waals surface area contributed by atoms with Crippen molar-refractivity contribution in [3.8, 4) is 0 Å². The van der Waals surface area contributed by atoms with Gasteiger partial charge in [-0.3, -0.25) is 4.79 Å². The molecule has 5 heteroatoms. The summed E-state index contributed by atoms with van der Waals surface area (Å²) in [6.07, 6.45) is -0.341. The third-order valence-corrected chi connectivity index (χ3v) is 2.04. The fourth-order valence-corrected chi connectivity index (χ4v) is 1.27. The van der Waals surface area contributed by atoms with Gasteiger partial charge >= 0.3 is 5.97 Å². The SMILES string of the molecule is NC(CC(=O)O)c1cc(CO)ccc1F. The molecule has 1 atom stereocenters. The lowest BCUT2D eigenvalue weighted by Gasteiger charge is -2.11. The van der Waals surface area contributed by atoms with Gasteiger partial charge in [-0.1, -0.05) is 6.07 Å². The molecule has 0 aliphatic rings. The fourth-order valence-electron chi connectivity index (χ4n) is 1.27. The number of hydrogen-bond acceptors (Lipinski definition) is 3. The summed E-state index contributed by atoms with van der Waals surface area (Å²) in [5.41, 5.74) is 6.14.